The van der Waals surface area contributed by atoms with Gasteiger partial charge in [0, 0.05) is 84.7 Å². The van der Waals surface area contributed by atoms with Crippen LogP contribution in [-0.4, -0.2) is 73.9 Å². The van der Waals surface area contributed by atoms with Crippen molar-refractivity contribution in [2.45, 2.75) is 62.8 Å². The largest absolute Gasteiger partial charge is 0.481 e. The van der Waals surface area contributed by atoms with Crippen molar-refractivity contribution in [3.05, 3.63) is 80.8 Å². The Kier molecular flexibility index (Phi) is 9.20. The summed E-state index contributed by atoms with van der Waals surface area (Å²) in [5.41, 5.74) is 9.49. The molecule has 2 aliphatic carbocycles. The van der Waals surface area contributed by atoms with Gasteiger partial charge < -0.3 is 24.8 Å². The quantitative estimate of drug-likeness (QED) is 0.182. The monoisotopic (exact) mass is 713 g/mol. The number of pyridine rings is 2. The maximum absolute atomic E-state index is 11.7. The van der Waals surface area contributed by atoms with E-state index in [1.807, 2.05) is 36.4 Å². The van der Waals surface area contributed by atoms with Crippen LogP contribution in [0.2, 0.25) is 10.0 Å². The van der Waals surface area contributed by atoms with Gasteiger partial charge in [0.15, 0.2) is 0 Å². The predicted molar refractivity (Wildman–Crippen MR) is 195 cm³/mol. The average Bonchev–Trinajstić information content (AvgIpc) is 3.85. The van der Waals surface area contributed by atoms with E-state index in [0.717, 1.165) is 90.9 Å². The van der Waals surface area contributed by atoms with Gasteiger partial charge in [-0.3, -0.25) is 9.69 Å². The van der Waals surface area contributed by atoms with E-state index >= 15 is 0 Å². The molecule has 0 unspecified atom stereocenters. The summed E-state index contributed by atoms with van der Waals surface area (Å²) in [6.45, 7) is 2.57. The molecule has 2 N–H and O–H groups in total. The fourth-order valence-corrected chi connectivity index (χ4v) is 8.86. The summed E-state index contributed by atoms with van der Waals surface area (Å²) in [6.07, 6.45) is 5.55. The molecule has 0 radical (unpaired) electrons. The van der Waals surface area contributed by atoms with Crippen molar-refractivity contribution < 1.29 is 19.0 Å². The number of hydrogen-bond acceptors (Lipinski definition) is 8. The van der Waals surface area contributed by atoms with Crippen molar-refractivity contribution in [3.8, 4) is 45.4 Å². The molecule has 50 heavy (non-hydrogen) atoms. The first-order chi connectivity index (χ1) is 24.4. The zero-order chi connectivity index (χ0) is 34.5. The van der Waals surface area contributed by atoms with E-state index in [0.29, 0.717) is 28.2 Å². The number of ether oxygens (including phenoxy) is 3. The molecule has 0 saturated carbocycles. The molecule has 1 amide bonds. The molecular weight excluding hydrogens is 673 g/mol. The first-order valence-electron chi connectivity index (χ1n) is 17.4. The number of hydrogen-bond donors (Lipinski definition) is 2. The molecule has 2 aromatic heterocycles. The lowest BCUT2D eigenvalue weighted by Crippen LogP contribution is -2.52. The van der Waals surface area contributed by atoms with Gasteiger partial charge >= 0.3 is 0 Å². The minimum Gasteiger partial charge on any atom is -0.481 e. The standard InChI is InChI=1S/C39H41Cl2N5O4/c1-48-24-19-46(20-24)32-14-11-22-17-31(45-39(50-3)35(22)32)28-9-5-7-26(37(28)41)25-6-4-8-27(36(25)40)30-16-21-10-13-29(34(21)38(44-30)49-2)42-18-23-12-15-33(47)43-23/h4-9,16-17,23-24,29,32,42H,10-15,18-20H2,1-3H3,(H,43,47)/t23-,29+,32+/m0/s1. The van der Waals surface area contributed by atoms with Crippen LogP contribution in [-0.2, 0) is 22.4 Å². The second kappa shape index (κ2) is 13.8. The highest BCUT2D eigenvalue weighted by atomic mass is 35.5. The summed E-state index contributed by atoms with van der Waals surface area (Å²) < 4.78 is 17.3. The molecular formula is C39H41Cl2N5O4. The van der Waals surface area contributed by atoms with E-state index in [4.69, 9.17) is 47.4 Å². The van der Waals surface area contributed by atoms with Crippen LogP contribution in [0.1, 0.15) is 60.0 Å². The number of aromatic nitrogens is 2. The molecule has 260 valence electrons. The number of carbonyl (C=O) groups excluding carboxylic acids is 1. The van der Waals surface area contributed by atoms with Crippen LogP contribution in [0, 0.1) is 0 Å². The van der Waals surface area contributed by atoms with Gasteiger partial charge in [-0.1, -0.05) is 59.6 Å². The van der Waals surface area contributed by atoms with Gasteiger partial charge in [-0.2, -0.15) is 0 Å². The Morgan fingerprint density at radius 2 is 1.38 bits per heavy atom. The average molecular weight is 715 g/mol. The molecule has 3 atom stereocenters. The van der Waals surface area contributed by atoms with Gasteiger partial charge in [-0.25, -0.2) is 9.97 Å². The second-order valence-electron chi connectivity index (χ2n) is 13.7. The number of fused-ring (bicyclic) bond motifs is 2. The molecule has 4 aromatic rings. The van der Waals surface area contributed by atoms with Crippen LogP contribution in [0.4, 0.5) is 0 Å². The van der Waals surface area contributed by atoms with Crippen LogP contribution in [0.3, 0.4) is 0 Å². The smallest absolute Gasteiger partial charge is 0.220 e. The third-order valence-corrected chi connectivity index (χ3v) is 11.7. The minimum absolute atomic E-state index is 0.110. The Labute approximate surface area is 302 Å². The topological polar surface area (TPSA) is 97.8 Å². The SMILES string of the molecule is COc1nc(-c2cccc(-c3cccc(-c4cc5c(c(OC)n4)[C@H](NC[C@@H]4CCC(=O)N4)CC5)c3Cl)c2Cl)cc2c1[C@H](N1CC(OC)C1)CC2. The highest BCUT2D eigenvalue weighted by Gasteiger charge is 2.39. The Hall–Kier alpha value is -3.73. The molecule has 4 aliphatic rings. The lowest BCUT2D eigenvalue weighted by atomic mass is 9.96. The van der Waals surface area contributed by atoms with Crippen molar-refractivity contribution in [3.63, 3.8) is 0 Å². The number of rotatable bonds is 10. The van der Waals surface area contributed by atoms with Crippen molar-refractivity contribution in [2.24, 2.45) is 0 Å². The van der Waals surface area contributed by atoms with Crippen LogP contribution >= 0.6 is 23.2 Å². The highest BCUT2D eigenvalue weighted by molar-refractivity contribution is 6.39. The third-order valence-electron chi connectivity index (χ3n) is 10.9. The number of likely N-dealkylation sites (tertiary alicyclic amines) is 1. The van der Waals surface area contributed by atoms with E-state index in [2.05, 4.69) is 27.7 Å². The fourth-order valence-electron chi connectivity index (χ4n) is 8.21. The number of carbonyl (C=O) groups is 1. The Morgan fingerprint density at radius 3 is 1.96 bits per heavy atom. The summed E-state index contributed by atoms with van der Waals surface area (Å²) in [7, 11) is 5.12. The second-order valence-corrected chi connectivity index (χ2v) is 14.4. The summed E-state index contributed by atoms with van der Waals surface area (Å²) in [5, 5.41) is 7.83. The van der Waals surface area contributed by atoms with Crippen molar-refractivity contribution >= 4 is 29.1 Å². The Morgan fingerprint density at radius 1 is 0.800 bits per heavy atom. The van der Waals surface area contributed by atoms with Gasteiger partial charge in [0.2, 0.25) is 17.7 Å². The molecule has 8 rings (SSSR count). The normalized spacial score (nSPS) is 21.5. The van der Waals surface area contributed by atoms with Crippen molar-refractivity contribution in [1.29, 1.82) is 0 Å². The number of benzene rings is 2. The lowest BCUT2D eigenvalue weighted by Gasteiger charge is -2.42. The molecule has 2 fully saturated rings. The maximum atomic E-state index is 11.7. The van der Waals surface area contributed by atoms with Gasteiger partial charge in [0.25, 0.3) is 0 Å². The summed E-state index contributed by atoms with van der Waals surface area (Å²) in [6, 6.07) is 16.8. The van der Waals surface area contributed by atoms with Gasteiger partial charge in [0.1, 0.15) is 0 Å². The lowest BCUT2D eigenvalue weighted by molar-refractivity contribution is -0.119. The van der Waals surface area contributed by atoms with E-state index in [9.17, 15) is 4.79 Å². The molecule has 2 aromatic carbocycles. The Bertz CT molecular complexity index is 1970. The fraction of sp³-hybridized carbons (Fsp3) is 0.410. The molecule has 2 saturated heterocycles. The summed E-state index contributed by atoms with van der Waals surface area (Å²) in [4.78, 5) is 24.1. The maximum Gasteiger partial charge on any atom is 0.220 e. The van der Waals surface area contributed by atoms with E-state index < -0.39 is 0 Å². The molecule has 2 aliphatic heterocycles. The number of nitrogens with zero attached hydrogens (tertiary/aromatic N) is 3. The first kappa shape index (κ1) is 33.4. The number of nitrogens with one attached hydrogen (secondary N) is 2. The van der Waals surface area contributed by atoms with Gasteiger partial charge in [0.05, 0.1) is 41.8 Å². The minimum atomic E-state index is 0.110. The Balaban J connectivity index is 1.09. The number of methoxy groups -OCH3 is 3. The first-order valence-corrected chi connectivity index (χ1v) is 18.2. The van der Waals surface area contributed by atoms with Crippen molar-refractivity contribution in [1.82, 2.24) is 25.5 Å². The van der Waals surface area contributed by atoms with Gasteiger partial charge in [-0.05, 0) is 55.4 Å². The van der Waals surface area contributed by atoms with E-state index in [1.54, 1.807) is 21.3 Å². The van der Waals surface area contributed by atoms with E-state index in [1.165, 1.54) is 16.7 Å². The number of aryl methyl sites for hydroxylation is 2. The molecule has 9 nitrogen and oxygen atoms in total. The van der Waals surface area contributed by atoms with E-state index in [-0.39, 0.29) is 30.1 Å². The molecule has 0 bridgehead atoms. The van der Waals surface area contributed by atoms with Crippen LogP contribution in [0.25, 0.3) is 33.6 Å². The zero-order valence-corrected chi connectivity index (χ0v) is 30.0. The molecule has 4 heterocycles. The number of halogens is 2. The predicted octanol–water partition coefficient (Wildman–Crippen LogP) is 6.98. The van der Waals surface area contributed by atoms with Gasteiger partial charge in [-0.15, -0.1) is 0 Å². The number of amides is 1. The van der Waals surface area contributed by atoms with Crippen LogP contribution in [0.15, 0.2) is 48.5 Å². The summed E-state index contributed by atoms with van der Waals surface area (Å²) >= 11 is 14.5. The zero-order valence-electron chi connectivity index (χ0n) is 28.5. The van der Waals surface area contributed by atoms with Crippen LogP contribution in [0.5, 0.6) is 11.8 Å². The van der Waals surface area contributed by atoms with Crippen LogP contribution < -0.4 is 20.1 Å². The molecule has 11 heteroatoms. The highest BCUT2D eigenvalue weighted by Crippen LogP contribution is 2.47. The van der Waals surface area contributed by atoms with Crippen molar-refractivity contribution in [2.75, 3.05) is 41.0 Å². The molecule has 0 spiro atoms. The third kappa shape index (κ3) is 5.93. The summed E-state index contributed by atoms with van der Waals surface area (Å²) in [5.74, 6) is 1.37.